The van der Waals surface area contributed by atoms with Crippen molar-refractivity contribution in [1.29, 1.82) is 0 Å². The number of halogens is 3. The van der Waals surface area contributed by atoms with Crippen molar-refractivity contribution in [2.75, 3.05) is 32.4 Å². The molecule has 1 amide bonds. The summed E-state index contributed by atoms with van der Waals surface area (Å²) in [5.74, 6) is -0.0441. The molecule has 5 aliphatic rings. The van der Waals surface area contributed by atoms with Crippen molar-refractivity contribution in [3.8, 4) is 0 Å². The molecule has 0 aromatic carbocycles. The summed E-state index contributed by atoms with van der Waals surface area (Å²) in [4.78, 5) is 27.1. The maximum atomic E-state index is 13.6. The number of aromatic amines is 1. The van der Waals surface area contributed by atoms with Gasteiger partial charge in [0.25, 0.3) is 0 Å². The largest absolute Gasteiger partial charge is 0.542 e. The number of sulfonamides is 1. The minimum absolute atomic E-state index is 0. The molecular formula is C26H37F3N5O5S+. The van der Waals surface area contributed by atoms with Gasteiger partial charge in [-0.05, 0) is 68.4 Å². The molecule has 7 rings (SSSR count). The molecule has 2 aromatic heterocycles. The molecule has 10 nitrogen and oxygen atoms in total. The third-order valence-corrected chi connectivity index (χ3v) is 10.2. The summed E-state index contributed by atoms with van der Waals surface area (Å²) in [6.07, 6.45) is 5.52. The van der Waals surface area contributed by atoms with Gasteiger partial charge in [0, 0.05) is 6.97 Å². The smallest absolute Gasteiger partial charge is 0.430 e. The fourth-order valence-corrected chi connectivity index (χ4v) is 8.42. The number of H-pyrrole nitrogens is 1. The summed E-state index contributed by atoms with van der Waals surface area (Å²) >= 11 is 0. The maximum Gasteiger partial charge on any atom is 0.430 e. The molecule has 4 bridgehead atoms. The number of carboxylic acid groups (broad SMARTS) is 1. The Hall–Kier alpha value is -2.71. The van der Waals surface area contributed by atoms with Crippen molar-refractivity contribution >= 4 is 27.4 Å². The van der Waals surface area contributed by atoms with Gasteiger partial charge in [0.15, 0.2) is 5.52 Å². The summed E-state index contributed by atoms with van der Waals surface area (Å²) in [5, 5.41) is 12.3. The number of aromatic nitrogens is 2. The fourth-order valence-electron chi connectivity index (χ4n) is 7.58. The maximum absolute atomic E-state index is 13.6. The molecule has 0 radical (unpaired) electrons. The predicted octanol–water partition coefficient (Wildman–Crippen LogP) is -0.343. The van der Waals surface area contributed by atoms with Crippen molar-refractivity contribution in [2.45, 2.75) is 56.8 Å². The van der Waals surface area contributed by atoms with Crippen LogP contribution in [0.3, 0.4) is 0 Å². The Morgan fingerprint density at radius 3 is 2.20 bits per heavy atom. The van der Waals surface area contributed by atoms with E-state index in [0.29, 0.717) is 18.9 Å². The molecule has 4 saturated carbocycles. The second-order valence-corrected chi connectivity index (χ2v) is 13.9. The van der Waals surface area contributed by atoms with Gasteiger partial charge in [0.1, 0.15) is 12.5 Å². The van der Waals surface area contributed by atoms with Gasteiger partial charge in [-0.15, -0.1) is 0 Å². The molecule has 1 aliphatic heterocycles. The lowest BCUT2D eigenvalue weighted by molar-refractivity contribution is -0.917. The van der Waals surface area contributed by atoms with Gasteiger partial charge >= 0.3 is 17.9 Å². The number of aliphatic carboxylic acids is 1. The van der Waals surface area contributed by atoms with Crippen LogP contribution in [0, 0.1) is 17.8 Å². The first-order valence-electron chi connectivity index (χ1n) is 13.6. The van der Waals surface area contributed by atoms with Gasteiger partial charge in [-0.3, -0.25) is 4.79 Å². The van der Waals surface area contributed by atoms with Crippen molar-refractivity contribution in [3.05, 3.63) is 35.9 Å². The molecule has 14 heteroatoms. The van der Waals surface area contributed by atoms with Crippen LogP contribution in [0.4, 0.5) is 13.2 Å². The van der Waals surface area contributed by atoms with Crippen LogP contribution >= 0.6 is 0 Å². The van der Waals surface area contributed by atoms with Gasteiger partial charge in [-0.2, -0.15) is 21.9 Å². The van der Waals surface area contributed by atoms with E-state index in [1.165, 1.54) is 30.4 Å². The summed E-state index contributed by atoms with van der Waals surface area (Å²) in [5.41, 5.74) is 2.03. The number of hydrogen-bond acceptors (Lipinski definition) is 5. The number of hydrogen-bond donors (Lipinski definition) is 3. The van der Waals surface area contributed by atoms with E-state index in [9.17, 15) is 26.4 Å². The van der Waals surface area contributed by atoms with E-state index in [0.717, 1.165) is 67.9 Å². The van der Waals surface area contributed by atoms with Gasteiger partial charge in [-0.25, -0.2) is 13.4 Å². The molecule has 2 aromatic rings. The van der Waals surface area contributed by atoms with E-state index >= 15 is 0 Å². The number of rotatable bonds is 5. The Morgan fingerprint density at radius 1 is 1.15 bits per heavy atom. The highest BCUT2D eigenvalue weighted by atomic mass is 32.2. The summed E-state index contributed by atoms with van der Waals surface area (Å²) in [6.45, 7) is 3.36. The van der Waals surface area contributed by atoms with Crippen LogP contribution in [-0.4, -0.2) is 73.7 Å². The molecule has 0 spiro atoms. The van der Waals surface area contributed by atoms with Gasteiger partial charge in [0.2, 0.25) is 15.7 Å². The van der Waals surface area contributed by atoms with Gasteiger partial charge in [-0.1, -0.05) is 6.07 Å². The Labute approximate surface area is 232 Å². The van der Waals surface area contributed by atoms with E-state index in [-0.39, 0.29) is 12.9 Å². The normalized spacial score (nSPS) is 28.8. The van der Waals surface area contributed by atoms with E-state index in [1.54, 1.807) is 4.31 Å². The number of carbonyl (C=O) groups excluding carboxylic acids is 2. The minimum Gasteiger partial charge on any atom is -0.542 e. The number of carboxylic acids is 1. The predicted molar refractivity (Wildman–Crippen MR) is 136 cm³/mol. The molecule has 4 aliphatic carbocycles. The van der Waals surface area contributed by atoms with Crippen LogP contribution in [0.5, 0.6) is 0 Å². The van der Waals surface area contributed by atoms with Crippen LogP contribution in [0.15, 0.2) is 24.4 Å². The number of amides is 1. The van der Waals surface area contributed by atoms with Crippen molar-refractivity contribution in [3.63, 3.8) is 0 Å². The highest BCUT2D eigenvalue weighted by molar-refractivity contribution is 7.88. The molecule has 1 saturated heterocycles. The van der Waals surface area contributed by atoms with E-state index in [4.69, 9.17) is 9.90 Å². The Morgan fingerprint density at radius 2 is 1.70 bits per heavy atom. The first-order chi connectivity index (χ1) is 18.7. The van der Waals surface area contributed by atoms with Crippen LogP contribution in [-0.2, 0) is 21.4 Å². The minimum atomic E-state index is -5.19. The van der Waals surface area contributed by atoms with Crippen molar-refractivity contribution in [1.82, 2.24) is 14.6 Å². The number of nitrogens with one attached hydrogen (secondary N) is 3. The van der Waals surface area contributed by atoms with E-state index in [2.05, 4.69) is 16.4 Å². The summed E-state index contributed by atoms with van der Waals surface area (Å²) in [7, 11) is -3.13. The zero-order valence-corrected chi connectivity index (χ0v) is 23.1. The summed E-state index contributed by atoms with van der Waals surface area (Å²) < 4.78 is 58.7. The zero-order valence-electron chi connectivity index (χ0n) is 22.3. The van der Waals surface area contributed by atoms with Crippen molar-refractivity contribution in [2.24, 2.45) is 17.8 Å². The number of fused-ring (bicyclic) bond motifs is 1. The monoisotopic (exact) mass is 588 g/mol. The van der Waals surface area contributed by atoms with Gasteiger partial charge < -0.3 is 20.1 Å². The average Bonchev–Trinajstić information content (AvgIpc) is 3.21. The molecule has 0 atom stereocenters. The third kappa shape index (κ3) is 6.13. The first kappa shape index (κ1) is 28.8. The molecule has 222 valence electrons. The molecule has 40 heavy (non-hydrogen) atoms. The highest BCUT2D eigenvalue weighted by Crippen LogP contribution is 2.55. The quantitative estimate of drug-likeness (QED) is 0.412. The van der Waals surface area contributed by atoms with E-state index < -0.39 is 22.2 Å². The third-order valence-electron chi connectivity index (χ3n) is 8.87. The molecule has 5 fully saturated rings. The first-order valence-corrected chi connectivity index (χ1v) is 15.5. The second kappa shape index (κ2) is 10.6. The number of imidazole rings is 1. The number of alkyl halides is 3. The van der Waals surface area contributed by atoms with Crippen LogP contribution in [0.1, 0.15) is 56.3 Å². The molecular weight excluding hydrogens is 551 g/mol. The number of piperazine rings is 1. The Bertz CT molecular complexity index is 1360. The molecule has 0 unspecified atom stereocenters. The number of carbonyl (C=O) groups is 2. The average molecular weight is 589 g/mol. The lowest BCUT2D eigenvalue weighted by atomic mass is 9.53. The molecule has 3 heterocycles. The standard InChI is InChI=1S/C24H33N5O3S.C2HF3O2.H2/c1-33(31,32)28-8-6-27(7-9-28)16-20-21-4-2-3-5-29(21)22(25-20)23(30)26-24-13-17-10-18(14-24)12-19(11-17)15-24;3-2(4,5)1(6)7;/h2-5,17-19H,6-16H2,1H3,(H,26,30);(H,6,7);1H/p+1. The fraction of sp³-hybridized carbons (Fsp3) is 0.654. The SMILES string of the molecule is CS(=O)(=O)N1CC[NH+](Cc2[nH]c(C(=O)NC34CC5CC(CC(C5)C3)C4)[n+]3ccccc23)CC1.O=C([O-])C(F)(F)F.[HH]. The number of pyridine rings is 1. The highest BCUT2D eigenvalue weighted by Gasteiger charge is 2.52. The number of quaternary nitrogens is 1. The topological polar surface area (TPSA) is 131 Å². The lowest BCUT2D eigenvalue weighted by Gasteiger charge is -2.56. The zero-order chi connectivity index (χ0) is 28.9. The van der Waals surface area contributed by atoms with Gasteiger partial charge in [0.05, 0.1) is 38.6 Å². The summed E-state index contributed by atoms with van der Waals surface area (Å²) in [6, 6.07) is 6.02. The lowest BCUT2D eigenvalue weighted by Crippen LogP contribution is -3.13. The van der Waals surface area contributed by atoms with Crippen molar-refractivity contribution < 1.29 is 47.0 Å². The second-order valence-electron chi connectivity index (χ2n) is 11.9. The Balaban J connectivity index is 0.000000434. The van der Waals surface area contributed by atoms with Crippen LogP contribution in [0.2, 0.25) is 0 Å². The number of nitrogens with zero attached hydrogens (tertiary/aromatic N) is 2. The Kier molecular flexibility index (Phi) is 7.64. The van der Waals surface area contributed by atoms with E-state index in [1.807, 2.05) is 22.7 Å². The molecule has 3 N–H and O–H groups in total. The van der Waals surface area contributed by atoms with Crippen LogP contribution < -0.4 is 19.7 Å². The van der Waals surface area contributed by atoms with Crippen LogP contribution in [0.25, 0.3) is 5.52 Å².